The Labute approximate surface area is 143 Å². The van der Waals surface area contributed by atoms with Crippen molar-refractivity contribution in [3.05, 3.63) is 47.3 Å². The third kappa shape index (κ3) is 5.60. The summed E-state index contributed by atoms with van der Waals surface area (Å²) in [5, 5.41) is 7.17. The first-order chi connectivity index (χ1) is 11.8. The summed E-state index contributed by atoms with van der Waals surface area (Å²) in [6.07, 6.45) is -4.50. The number of aryl methyl sites for hydroxylation is 1. The number of aromatic nitrogens is 2. The van der Waals surface area contributed by atoms with Crippen LogP contribution in [0.1, 0.15) is 23.4 Å². The van der Waals surface area contributed by atoms with Crippen LogP contribution in [0.5, 0.6) is 0 Å². The second-order valence-corrected chi connectivity index (χ2v) is 5.59. The molecule has 5 nitrogen and oxygen atoms in total. The van der Waals surface area contributed by atoms with Crippen molar-refractivity contribution in [3.8, 4) is 5.69 Å². The summed E-state index contributed by atoms with van der Waals surface area (Å²) < 4.78 is 42.1. The van der Waals surface area contributed by atoms with E-state index in [0.717, 1.165) is 22.6 Å². The SMILES string of the molecule is Cc1nn(-c2ccccc2)c(C)c1CNC(=O)CCOCC(F)(F)F. The molecule has 2 rings (SSSR count). The highest BCUT2D eigenvalue weighted by Crippen LogP contribution is 2.17. The van der Waals surface area contributed by atoms with Gasteiger partial charge >= 0.3 is 6.18 Å². The summed E-state index contributed by atoms with van der Waals surface area (Å²) in [5.74, 6) is -0.367. The Morgan fingerprint density at radius 1 is 1.24 bits per heavy atom. The minimum Gasteiger partial charge on any atom is -0.372 e. The number of ether oxygens (including phenoxy) is 1. The summed E-state index contributed by atoms with van der Waals surface area (Å²) in [6.45, 7) is 2.40. The predicted octanol–water partition coefficient (Wildman–Crippen LogP) is 3.07. The highest BCUT2D eigenvalue weighted by molar-refractivity contribution is 5.76. The number of nitrogens with zero attached hydrogens (tertiary/aromatic N) is 2. The number of hydrogen-bond acceptors (Lipinski definition) is 3. The molecule has 0 spiro atoms. The van der Waals surface area contributed by atoms with Gasteiger partial charge in [0.25, 0.3) is 0 Å². The summed E-state index contributed by atoms with van der Waals surface area (Å²) in [5.41, 5.74) is 3.49. The molecular formula is C17H20F3N3O2. The standard InChI is InChI=1S/C17H20F3N3O2/c1-12-15(10-21-16(24)8-9-25-11-17(18,19)20)13(2)23(22-12)14-6-4-3-5-7-14/h3-7H,8-11H2,1-2H3,(H,21,24). The molecule has 0 aliphatic carbocycles. The van der Waals surface area contributed by atoms with Crippen molar-refractivity contribution < 1.29 is 22.7 Å². The fraction of sp³-hybridized carbons (Fsp3) is 0.412. The molecule has 1 aromatic carbocycles. The zero-order valence-electron chi connectivity index (χ0n) is 14.1. The lowest BCUT2D eigenvalue weighted by atomic mass is 10.2. The molecule has 0 aliphatic rings. The molecule has 1 amide bonds. The lowest BCUT2D eigenvalue weighted by Gasteiger charge is -2.09. The van der Waals surface area contributed by atoms with Gasteiger partial charge < -0.3 is 10.1 Å². The lowest BCUT2D eigenvalue weighted by molar-refractivity contribution is -0.174. The first-order valence-electron chi connectivity index (χ1n) is 7.79. The Balaban J connectivity index is 1.89. The number of alkyl halides is 3. The van der Waals surface area contributed by atoms with E-state index in [9.17, 15) is 18.0 Å². The van der Waals surface area contributed by atoms with Crippen molar-refractivity contribution in [2.75, 3.05) is 13.2 Å². The zero-order valence-corrected chi connectivity index (χ0v) is 14.1. The van der Waals surface area contributed by atoms with E-state index in [1.807, 2.05) is 44.2 Å². The van der Waals surface area contributed by atoms with Crippen molar-refractivity contribution >= 4 is 5.91 Å². The maximum absolute atomic E-state index is 11.9. The molecule has 1 aromatic heterocycles. The molecule has 0 unspecified atom stereocenters. The minimum absolute atomic E-state index is 0.124. The molecule has 25 heavy (non-hydrogen) atoms. The van der Waals surface area contributed by atoms with Gasteiger partial charge in [-0.25, -0.2) is 4.68 Å². The van der Waals surface area contributed by atoms with E-state index < -0.39 is 12.8 Å². The third-order valence-corrected chi connectivity index (χ3v) is 3.64. The topological polar surface area (TPSA) is 56.2 Å². The summed E-state index contributed by atoms with van der Waals surface area (Å²) in [6, 6.07) is 9.60. The van der Waals surface area contributed by atoms with Gasteiger partial charge in [0.15, 0.2) is 0 Å². The molecule has 0 saturated heterocycles. The largest absolute Gasteiger partial charge is 0.411 e. The van der Waals surface area contributed by atoms with E-state index in [2.05, 4.69) is 15.2 Å². The smallest absolute Gasteiger partial charge is 0.372 e. The van der Waals surface area contributed by atoms with E-state index in [4.69, 9.17) is 0 Å². The number of rotatable bonds is 7. The van der Waals surface area contributed by atoms with Crippen LogP contribution >= 0.6 is 0 Å². The quantitative estimate of drug-likeness (QED) is 0.777. The number of benzene rings is 1. The van der Waals surface area contributed by atoms with E-state index in [1.165, 1.54) is 0 Å². The number of hydrogen-bond donors (Lipinski definition) is 1. The van der Waals surface area contributed by atoms with Gasteiger partial charge in [-0.3, -0.25) is 4.79 Å². The Morgan fingerprint density at radius 2 is 1.92 bits per heavy atom. The fourth-order valence-electron chi connectivity index (χ4n) is 2.38. The van der Waals surface area contributed by atoms with Crippen molar-refractivity contribution in [1.29, 1.82) is 0 Å². The molecule has 0 atom stereocenters. The first-order valence-corrected chi connectivity index (χ1v) is 7.79. The van der Waals surface area contributed by atoms with E-state index >= 15 is 0 Å². The van der Waals surface area contributed by atoms with Gasteiger partial charge in [-0.05, 0) is 26.0 Å². The second-order valence-electron chi connectivity index (χ2n) is 5.59. The summed E-state index contributed by atoms with van der Waals surface area (Å²) in [7, 11) is 0. The van der Waals surface area contributed by atoms with Crippen LogP contribution in [0.15, 0.2) is 30.3 Å². The fourth-order valence-corrected chi connectivity index (χ4v) is 2.38. The average molecular weight is 355 g/mol. The number of para-hydroxylation sites is 1. The van der Waals surface area contributed by atoms with Gasteiger partial charge in [0.2, 0.25) is 5.91 Å². The maximum Gasteiger partial charge on any atom is 0.411 e. The molecule has 0 fully saturated rings. The predicted molar refractivity (Wildman–Crippen MR) is 86.4 cm³/mol. The molecule has 0 radical (unpaired) electrons. The first kappa shape index (κ1) is 19.0. The molecular weight excluding hydrogens is 335 g/mol. The van der Waals surface area contributed by atoms with Crippen LogP contribution < -0.4 is 5.32 Å². The number of carbonyl (C=O) groups excluding carboxylic acids is 1. The second kappa shape index (κ2) is 8.15. The number of nitrogens with one attached hydrogen (secondary N) is 1. The van der Waals surface area contributed by atoms with Crippen LogP contribution in [0.4, 0.5) is 13.2 Å². The minimum atomic E-state index is -4.38. The molecule has 1 N–H and O–H groups in total. The van der Waals surface area contributed by atoms with Gasteiger partial charge in [-0.2, -0.15) is 18.3 Å². The van der Waals surface area contributed by atoms with E-state index in [-0.39, 0.29) is 25.5 Å². The molecule has 136 valence electrons. The van der Waals surface area contributed by atoms with Gasteiger partial charge in [0.1, 0.15) is 6.61 Å². The molecule has 1 heterocycles. The normalized spacial score (nSPS) is 11.6. The Kier molecular flexibility index (Phi) is 6.19. The average Bonchev–Trinajstić information content (AvgIpc) is 2.84. The van der Waals surface area contributed by atoms with Gasteiger partial charge in [0, 0.05) is 24.2 Å². The van der Waals surface area contributed by atoms with Crippen LogP contribution in [0.25, 0.3) is 5.69 Å². The lowest BCUT2D eigenvalue weighted by Crippen LogP contribution is -2.25. The third-order valence-electron chi connectivity index (χ3n) is 3.64. The van der Waals surface area contributed by atoms with Crippen molar-refractivity contribution in [2.45, 2.75) is 33.0 Å². The van der Waals surface area contributed by atoms with Crippen LogP contribution in [-0.4, -0.2) is 35.1 Å². The maximum atomic E-state index is 11.9. The Morgan fingerprint density at radius 3 is 2.56 bits per heavy atom. The molecule has 0 aliphatic heterocycles. The van der Waals surface area contributed by atoms with Crippen LogP contribution in [0, 0.1) is 13.8 Å². The summed E-state index contributed by atoms with van der Waals surface area (Å²) >= 11 is 0. The number of carbonyl (C=O) groups is 1. The van der Waals surface area contributed by atoms with Crippen LogP contribution in [-0.2, 0) is 16.1 Å². The van der Waals surface area contributed by atoms with Gasteiger partial charge in [-0.1, -0.05) is 18.2 Å². The Bertz CT molecular complexity index is 712. The zero-order chi connectivity index (χ0) is 18.4. The molecule has 2 aromatic rings. The van der Waals surface area contributed by atoms with Gasteiger partial charge in [-0.15, -0.1) is 0 Å². The Hall–Kier alpha value is -2.35. The molecule has 0 saturated carbocycles. The monoisotopic (exact) mass is 355 g/mol. The van der Waals surface area contributed by atoms with Crippen molar-refractivity contribution in [2.24, 2.45) is 0 Å². The van der Waals surface area contributed by atoms with Crippen molar-refractivity contribution in [1.82, 2.24) is 15.1 Å². The number of halogens is 3. The van der Waals surface area contributed by atoms with E-state index in [0.29, 0.717) is 0 Å². The molecule has 8 heteroatoms. The van der Waals surface area contributed by atoms with Crippen molar-refractivity contribution in [3.63, 3.8) is 0 Å². The molecule has 0 bridgehead atoms. The van der Waals surface area contributed by atoms with Crippen LogP contribution in [0.2, 0.25) is 0 Å². The highest BCUT2D eigenvalue weighted by Gasteiger charge is 2.27. The summed E-state index contributed by atoms with van der Waals surface area (Å²) in [4.78, 5) is 11.7. The van der Waals surface area contributed by atoms with Crippen LogP contribution in [0.3, 0.4) is 0 Å². The van der Waals surface area contributed by atoms with Gasteiger partial charge in [0.05, 0.1) is 18.0 Å². The van der Waals surface area contributed by atoms with E-state index in [1.54, 1.807) is 4.68 Å². The number of amides is 1. The highest BCUT2D eigenvalue weighted by atomic mass is 19.4.